The molecule has 1 nitrogen and oxygen atoms in total. The molecule has 1 rings (SSSR count). The normalized spacial score (nSPS) is 19.8. The Morgan fingerprint density at radius 2 is 1.75 bits per heavy atom. The number of nitriles is 1. The van der Waals surface area contributed by atoms with E-state index in [-0.39, 0.29) is 0 Å². The van der Waals surface area contributed by atoms with E-state index < -0.39 is 0 Å². The Balaban J connectivity index is 0.000000145. The van der Waals surface area contributed by atoms with Gasteiger partial charge in [0.15, 0.2) is 0 Å². The van der Waals surface area contributed by atoms with Gasteiger partial charge in [-0.15, -0.1) is 0 Å². The highest BCUT2D eigenvalue weighted by Gasteiger charge is 2.32. The molecular weight excluding hydrogens is 118 g/mol. The number of rotatable bonds is 0. The summed E-state index contributed by atoms with van der Waals surface area (Å²) in [5, 5.41) is 7.32. The van der Waals surface area contributed by atoms with Crippen LogP contribution < -0.4 is 0 Å². The summed E-state index contributed by atoms with van der Waals surface area (Å²) in [6.07, 6.45) is 2.63. The molecule has 46 valence electrons. The summed E-state index contributed by atoms with van der Waals surface area (Å²) in [7, 11) is 0. The quantitative estimate of drug-likeness (QED) is 0.497. The first-order chi connectivity index (χ1) is 3.62. The molecule has 0 aromatic rings. The van der Waals surface area contributed by atoms with Gasteiger partial charge in [0.1, 0.15) is 0 Å². The van der Waals surface area contributed by atoms with Crippen LogP contribution in [0.1, 0.15) is 26.7 Å². The number of nitrogens with zero attached hydrogens (tertiary/aromatic N) is 1. The summed E-state index contributed by atoms with van der Waals surface area (Å²) >= 11 is 4.23. The van der Waals surface area contributed by atoms with Gasteiger partial charge in [-0.05, 0) is 12.8 Å². The minimum atomic E-state index is 0.444. The zero-order valence-electron chi connectivity index (χ0n) is 5.31. The standard InChI is InChI=1S/C4H8S.C2H3N/c1-4(5)2-3-4;1-2-3/h5H,2-3H2,1H3;1H3. The molecular formula is C6H11NS. The van der Waals surface area contributed by atoms with Crippen molar-refractivity contribution in [2.75, 3.05) is 0 Å². The average molecular weight is 129 g/mol. The summed E-state index contributed by atoms with van der Waals surface area (Å²) in [4.78, 5) is 0. The Kier molecular flexibility index (Phi) is 2.93. The SMILES string of the molecule is CC#N.CC1(S)CC1. The lowest BCUT2D eigenvalue weighted by Crippen LogP contribution is -1.80. The lowest BCUT2D eigenvalue weighted by Gasteiger charge is -1.85. The molecule has 0 N–H and O–H groups in total. The fraction of sp³-hybridized carbons (Fsp3) is 0.833. The van der Waals surface area contributed by atoms with E-state index in [0.717, 1.165) is 0 Å². The van der Waals surface area contributed by atoms with Crippen LogP contribution in [0.2, 0.25) is 0 Å². The number of thiol groups is 1. The van der Waals surface area contributed by atoms with Crippen LogP contribution in [0.15, 0.2) is 0 Å². The van der Waals surface area contributed by atoms with Crippen molar-refractivity contribution in [2.24, 2.45) is 0 Å². The Labute approximate surface area is 56.1 Å². The van der Waals surface area contributed by atoms with E-state index in [1.165, 1.54) is 19.8 Å². The van der Waals surface area contributed by atoms with Gasteiger partial charge in [-0.1, -0.05) is 6.92 Å². The smallest absolute Gasteiger partial charge is 0.0587 e. The second kappa shape index (κ2) is 2.99. The van der Waals surface area contributed by atoms with Crippen molar-refractivity contribution in [3.8, 4) is 6.07 Å². The minimum Gasteiger partial charge on any atom is -0.199 e. The molecule has 0 heterocycles. The molecule has 1 aliphatic rings. The minimum absolute atomic E-state index is 0.444. The fourth-order valence-electron chi connectivity index (χ4n) is 0.181. The van der Waals surface area contributed by atoms with E-state index in [1.54, 1.807) is 6.07 Å². The van der Waals surface area contributed by atoms with Crippen LogP contribution in [-0.2, 0) is 0 Å². The number of hydrogen-bond donors (Lipinski definition) is 1. The van der Waals surface area contributed by atoms with Gasteiger partial charge in [0.2, 0.25) is 0 Å². The molecule has 1 fully saturated rings. The van der Waals surface area contributed by atoms with Gasteiger partial charge in [-0.2, -0.15) is 17.9 Å². The second-order valence-corrected chi connectivity index (χ2v) is 3.30. The first-order valence-corrected chi connectivity index (χ1v) is 3.10. The topological polar surface area (TPSA) is 23.8 Å². The van der Waals surface area contributed by atoms with Gasteiger partial charge in [0, 0.05) is 11.7 Å². The van der Waals surface area contributed by atoms with Crippen molar-refractivity contribution < 1.29 is 0 Å². The molecule has 0 saturated heterocycles. The lowest BCUT2D eigenvalue weighted by atomic mass is 10.5. The van der Waals surface area contributed by atoms with Gasteiger partial charge in [0.05, 0.1) is 6.07 Å². The maximum atomic E-state index is 7.32. The largest absolute Gasteiger partial charge is 0.199 e. The Morgan fingerprint density at radius 1 is 1.62 bits per heavy atom. The van der Waals surface area contributed by atoms with Crippen LogP contribution in [0.4, 0.5) is 0 Å². The van der Waals surface area contributed by atoms with Crippen molar-refractivity contribution in [3.63, 3.8) is 0 Å². The highest BCUT2D eigenvalue weighted by Crippen LogP contribution is 2.40. The zero-order valence-corrected chi connectivity index (χ0v) is 6.20. The average Bonchev–Trinajstić information content (AvgIpc) is 2.22. The zero-order chi connectivity index (χ0) is 6.62. The van der Waals surface area contributed by atoms with Crippen LogP contribution in [-0.4, -0.2) is 4.75 Å². The van der Waals surface area contributed by atoms with Crippen LogP contribution in [0.25, 0.3) is 0 Å². The van der Waals surface area contributed by atoms with E-state index in [1.807, 2.05) is 0 Å². The fourth-order valence-corrected chi connectivity index (χ4v) is 0.293. The summed E-state index contributed by atoms with van der Waals surface area (Å²) < 4.78 is 0.444. The molecule has 8 heavy (non-hydrogen) atoms. The predicted molar refractivity (Wildman–Crippen MR) is 37.9 cm³/mol. The van der Waals surface area contributed by atoms with Crippen molar-refractivity contribution in [2.45, 2.75) is 31.4 Å². The molecule has 1 aliphatic carbocycles. The van der Waals surface area contributed by atoms with Crippen molar-refractivity contribution >= 4 is 12.6 Å². The van der Waals surface area contributed by atoms with E-state index in [9.17, 15) is 0 Å². The maximum Gasteiger partial charge on any atom is 0.0587 e. The van der Waals surface area contributed by atoms with E-state index >= 15 is 0 Å². The van der Waals surface area contributed by atoms with Crippen LogP contribution in [0, 0.1) is 11.3 Å². The molecule has 0 spiro atoms. The van der Waals surface area contributed by atoms with E-state index in [4.69, 9.17) is 5.26 Å². The van der Waals surface area contributed by atoms with E-state index in [0.29, 0.717) is 4.75 Å². The van der Waals surface area contributed by atoms with Gasteiger partial charge < -0.3 is 0 Å². The molecule has 0 aromatic carbocycles. The second-order valence-electron chi connectivity index (χ2n) is 2.22. The van der Waals surface area contributed by atoms with E-state index in [2.05, 4.69) is 19.6 Å². The summed E-state index contributed by atoms with van der Waals surface area (Å²) in [5.74, 6) is 0. The first kappa shape index (κ1) is 7.84. The molecule has 0 unspecified atom stereocenters. The Bertz CT molecular complexity index is 95.6. The van der Waals surface area contributed by atoms with Gasteiger partial charge in [0.25, 0.3) is 0 Å². The molecule has 0 radical (unpaired) electrons. The molecule has 0 aliphatic heterocycles. The molecule has 1 saturated carbocycles. The summed E-state index contributed by atoms with van der Waals surface area (Å²) in [6, 6.07) is 1.75. The Morgan fingerprint density at radius 3 is 1.75 bits per heavy atom. The van der Waals surface area contributed by atoms with Gasteiger partial charge >= 0.3 is 0 Å². The molecule has 0 amide bonds. The predicted octanol–water partition coefficient (Wildman–Crippen LogP) is 2.00. The molecule has 2 heteroatoms. The van der Waals surface area contributed by atoms with Crippen molar-refractivity contribution in [1.82, 2.24) is 0 Å². The molecule has 0 aromatic heterocycles. The summed E-state index contributed by atoms with van der Waals surface area (Å²) in [5.41, 5.74) is 0. The van der Waals surface area contributed by atoms with Crippen LogP contribution >= 0.6 is 12.6 Å². The van der Waals surface area contributed by atoms with Gasteiger partial charge in [-0.3, -0.25) is 0 Å². The summed E-state index contributed by atoms with van der Waals surface area (Å²) in [6.45, 7) is 3.59. The van der Waals surface area contributed by atoms with Crippen molar-refractivity contribution in [3.05, 3.63) is 0 Å². The lowest BCUT2D eigenvalue weighted by molar-refractivity contribution is 1.06. The first-order valence-electron chi connectivity index (χ1n) is 2.65. The Hall–Kier alpha value is -0.160. The van der Waals surface area contributed by atoms with Crippen LogP contribution in [0.5, 0.6) is 0 Å². The third kappa shape index (κ3) is 5.84. The third-order valence-electron chi connectivity index (χ3n) is 0.974. The maximum absolute atomic E-state index is 7.32. The number of hydrogen-bond acceptors (Lipinski definition) is 2. The van der Waals surface area contributed by atoms with Gasteiger partial charge in [-0.25, -0.2) is 0 Å². The molecule has 0 atom stereocenters. The molecule has 0 bridgehead atoms. The monoisotopic (exact) mass is 129 g/mol. The highest BCUT2D eigenvalue weighted by atomic mass is 32.1. The van der Waals surface area contributed by atoms with Crippen LogP contribution in [0.3, 0.4) is 0 Å². The highest BCUT2D eigenvalue weighted by molar-refractivity contribution is 7.82. The van der Waals surface area contributed by atoms with Crippen molar-refractivity contribution in [1.29, 1.82) is 5.26 Å². The third-order valence-corrected chi connectivity index (χ3v) is 1.42.